The van der Waals surface area contributed by atoms with Gasteiger partial charge in [0, 0.05) is 23.5 Å². The fourth-order valence-corrected chi connectivity index (χ4v) is 5.75. The van der Waals surface area contributed by atoms with Crippen LogP contribution in [0.2, 0.25) is 0 Å². The third kappa shape index (κ3) is 5.33. The van der Waals surface area contributed by atoms with Gasteiger partial charge in [-0.15, -0.1) is 11.3 Å². The number of thiazole rings is 1. The van der Waals surface area contributed by atoms with Gasteiger partial charge in [-0.05, 0) is 13.3 Å². The minimum absolute atomic E-state index is 0.0487. The number of nitrogens with zero attached hydrogens (tertiary/aromatic N) is 2. The highest BCUT2D eigenvalue weighted by Gasteiger charge is 2.33. The van der Waals surface area contributed by atoms with Gasteiger partial charge in [-0.3, -0.25) is 9.59 Å². The summed E-state index contributed by atoms with van der Waals surface area (Å²) < 4.78 is 28.3. The lowest BCUT2D eigenvalue weighted by Crippen LogP contribution is -2.40. The van der Waals surface area contributed by atoms with E-state index in [4.69, 9.17) is 10.5 Å². The first-order valence-corrected chi connectivity index (χ1v) is 11.7. The Morgan fingerprint density at radius 1 is 1.31 bits per heavy atom. The van der Waals surface area contributed by atoms with Crippen LogP contribution in [-0.2, 0) is 30.6 Å². The zero-order chi connectivity index (χ0) is 21.2. The van der Waals surface area contributed by atoms with Crippen molar-refractivity contribution in [2.75, 3.05) is 30.9 Å². The molecule has 8 nitrogen and oxygen atoms in total. The molecule has 10 heteroatoms. The maximum Gasteiger partial charge on any atom is 0.311 e. The summed E-state index contributed by atoms with van der Waals surface area (Å²) in [6, 6.07) is 7.34. The fourth-order valence-electron chi connectivity index (χ4n) is 3.14. The standard InChI is InChI=1S/C19H23N3O5S2/c1-12-3-5-13(6-4-12)18-15(28-19(20)21-18)9-17(24)27-10-16(23)22(2)14-7-8-29(25,26)11-14/h3-6,14H,7-11H2,1-2H3,(H2,20,21)/t14-/m1/s1. The van der Waals surface area contributed by atoms with Crippen molar-refractivity contribution in [2.45, 2.75) is 25.8 Å². The van der Waals surface area contributed by atoms with Crippen molar-refractivity contribution < 1.29 is 22.7 Å². The Hall–Kier alpha value is -2.46. The number of amides is 1. The Bertz CT molecular complexity index is 1010. The van der Waals surface area contributed by atoms with Crippen LogP contribution in [0.3, 0.4) is 0 Å². The molecule has 0 saturated carbocycles. The van der Waals surface area contributed by atoms with Crippen LogP contribution in [-0.4, -0.2) is 61.4 Å². The van der Waals surface area contributed by atoms with E-state index in [2.05, 4.69) is 4.98 Å². The molecular formula is C19H23N3O5S2. The maximum atomic E-state index is 12.3. The molecule has 1 fully saturated rings. The van der Waals surface area contributed by atoms with E-state index in [9.17, 15) is 18.0 Å². The van der Waals surface area contributed by atoms with Gasteiger partial charge >= 0.3 is 5.97 Å². The highest BCUT2D eigenvalue weighted by Crippen LogP contribution is 2.30. The van der Waals surface area contributed by atoms with Crippen LogP contribution in [0, 0.1) is 6.92 Å². The third-order valence-electron chi connectivity index (χ3n) is 4.85. The van der Waals surface area contributed by atoms with Gasteiger partial charge in [-0.1, -0.05) is 29.8 Å². The number of nitrogen functional groups attached to an aromatic ring is 1. The highest BCUT2D eigenvalue weighted by molar-refractivity contribution is 7.91. The molecule has 1 atom stereocenters. The number of benzene rings is 1. The number of aryl methyl sites for hydroxylation is 1. The minimum atomic E-state index is -3.10. The quantitative estimate of drug-likeness (QED) is 0.679. The van der Waals surface area contributed by atoms with E-state index < -0.39 is 28.3 Å². The zero-order valence-corrected chi connectivity index (χ0v) is 17.9. The minimum Gasteiger partial charge on any atom is -0.455 e. The second-order valence-corrected chi connectivity index (χ2v) is 10.4. The molecule has 0 bridgehead atoms. The number of esters is 1. The molecule has 2 aromatic rings. The summed E-state index contributed by atoms with van der Waals surface area (Å²) in [5.41, 5.74) is 8.41. The van der Waals surface area contributed by atoms with E-state index in [0.29, 0.717) is 22.1 Å². The number of carbonyl (C=O) groups excluding carboxylic acids is 2. The Morgan fingerprint density at radius 2 is 2.00 bits per heavy atom. The van der Waals surface area contributed by atoms with Crippen molar-refractivity contribution in [3.05, 3.63) is 34.7 Å². The van der Waals surface area contributed by atoms with E-state index >= 15 is 0 Å². The van der Waals surface area contributed by atoms with Gasteiger partial charge < -0.3 is 15.4 Å². The molecule has 0 radical (unpaired) electrons. The first-order chi connectivity index (χ1) is 13.6. The maximum absolute atomic E-state index is 12.3. The molecule has 1 aromatic heterocycles. The number of ether oxygens (including phenoxy) is 1. The smallest absolute Gasteiger partial charge is 0.311 e. The van der Waals surface area contributed by atoms with Crippen LogP contribution in [0.25, 0.3) is 11.3 Å². The largest absolute Gasteiger partial charge is 0.455 e. The van der Waals surface area contributed by atoms with Crippen LogP contribution < -0.4 is 5.73 Å². The molecule has 1 aliphatic heterocycles. The predicted octanol–water partition coefficient (Wildman–Crippen LogP) is 1.43. The first-order valence-electron chi connectivity index (χ1n) is 9.08. The summed E-state index contributed by atoms with van der Waals surface area (Å²) in [5, 5.41) is 0.349. The van der Waals surface area contributed by atoms with Gasteiger partial charge in [-0.25, -0.2) is 13.4 Å². The zero-order valence-electron chi connectivity index (χ0n) is 16.3. The van der Waals surface area contributed by atoms with E-state index in [1.165, 1.54) is 23.3 Å². The Balaban J connectivity index is 1.59. The van der Waals surface area contributed by atoms with Crippen LogP contribution >= 0.6 is 11.3 Å². The number of likely N-dealkylation sites (N-methyl/N-ethyl adjacent to an activating group) is 1. The lowest BCUT2D eigenvalue weighted by atomic mass is 10.1. The molecule has 2 N–H and O–H groups in total. The third-order valence-corrected chi connectivity index (χ3v) is 7.48. The number of nitrogens with two attached hydrogens (primary N) is 1. The number of hydrogen-bond donors (Lipinski definition) is 1. The van der Waals surface area contributed by atoms with E-state index in [-0.39, 0.29) is 24.0 Å². The van der Waals surface area contributed by atoms with Crippen LogP contribution in [0.4, 0.5) is 5.13 Å². The van der Waals surface area contributed by atoms with Crippen LogP contribution in [0.5, 0.6) is 0 Å². The summed E-state index contributed by atoms with van der Waals surface area (Å²) in [7, 11) is -1.57. The summed E-state index contributed by atoms with van der Waals surface area (Å²) in [4.78, 5) is 30.8. The van der Waals surface area contributed by atoms with E-state index in [0.717, 1.165) is 11.1 Å². The molecule has 0 unspecified atom stereocenters. The topological polar surface area (TPSA) is 120 Å². The average molecular weight is 438 g/mol. The summed E-state index contributed by atoms with van der Waals surface area (Å²) in [5.74, 6) is -0.974. The van der Waals surface area contributed by atoms with Crippen molar-refractivity contribution in [3.63, 3.8) is 0 Å². The second-order valence-electron chi connectivity index (χ2n) is 7.09. The van der Waals surface area contributed by atoms with Crippen molar-refractivity contribution in [2.24, 2.45) is 0 Å². The summed E-state index contributed by atoms with van der Waals surface area (Å²) >= 11 is 1.21. The Morgan fingerprint density at radius 3 is 2.62 bits per heavy atom. The number of hydrogen-bond acceptors (Lipinski definition) is 8. The molecule has 1 aromatic carbocycles. The van der Waals surface area contributed by atoms with Crippen LogP contribution in [0.1, 0.15) is 16.9 Å². The Labute approximate surface area is 173 Å². The molecule has 156 valence electrons. The molecule has 1 amide bonds. The molecular weight excluding hydrogens is 414 g/mol. The number of sulfone groups is 1. The van der Waals surface area contributed by atoms with E-state index in [1.54, 1.807) is 0 Å². The van der Waals surface area contributed by atoms with Gasteiger partial charge in [0.1, 0.15) is 0 Å². The normalized spacial score (nSPS) is 17.8. The van der Waals surface area contributed by atoms with Gasteiger partial charge in [0.15, 0.2) is 21.6 Å². The second kappa shape index (κ2) is 8.50. The summed E-state index contributed by atoms with van der Waals surface area (Å²) in [6.07, 6.45) is 0.353. The highest BCUT2D eigenvalue weighted by atomic mass is 32.2. The number of carbonyl (C=O) groups is 2. The Kier molecular flexibility index (Phi) is 6.23. The van der Waals surface area contributed by atoms with Gasteiger partial charge in [0.25, 0.3) is 5.91 Å². The average Bonchev–Trinajstić information content (AvgIpc) is 3.21. The molecule has 2 heterocycles. The number of rotatable bonds is 6. The lowest BCUT2D eigenvalue weighted by Gasteiger charge is -2.23. The monoisotopic (exact) mass is 437 g/mol. The first kappa shape index (κ1) is 21.3. The number of anilines is 1. The van der Waals surface area contributed by atoms with Crippen LogP contribution in [0.15, 0.2) is 24.3 Å². The molecule has 3 rings (SSSR count). The van der Waals surface area contributed by atoms with Crippen molar-refractivity contribution in [1.82, 2.24) is 9.88 Å². The molecule has 0 spiro atoms. The fraction of sp³-hybridized carbons (Fsp3) is 0.421. The van der Waals surface area contributed by atoms with Crippen molar-refractivity contribution in [3.8, 4) is 11.3 Å². The molecule has 1 saturated heterocycles. The summed E-state index contributed by atoms with van der Waals surface area (Å²) in [6.45, 7) is 1.55. The molecule has 29 heavy (non-hydrogen) atoms. The van der Waals surface area contributed by atoms with Crippen molar-refractivity contribution in [1.29, 1.82) is 0 Å². The van der Waals surface area contributed by atoms with Gasteiger partial charge in [0.2, 0.25) is 0 Å². The van der Waals surface area contributed by atoms with E-state index in [1.807, 2.05) is 31.2 Å². The number of aromatic nitrogens is 1. The molecule has 1 aliphatic rings. The predicted molar refractivity (Wildman–Crippen MR) is 111 cm³/mol. The van der Waals surface area contributed by atoms with Crippen molar-refractivity contribution >= 4 is 38.2 Å². The van der Waals surface area contributed by atoms with Gasteiger partial charge in [0.05, 0.1) is 23.6 Å². The SMILES string of the molecule is Cc1ccc(-c2nc(N)sc2CC(=O)OCC(=O)N(C)[C@@H]2CCS(=O)(=O)C2)cc1. The molecule has 0 aliphatic carbocycles. The van der Waals surface area contributed by atoms with Gasteiger partial charge in [-0.2, -0.15) is 0 Å². The lowest BCUT2D eigenvalue weighted by molar-refractivity contribution is -0.151.